The zero-order chi connectivity index (χ0) is 22.7. The number of nitrogens with two attached hydrogens (primary N) is 1. The minimum Gasteiger partial charge on any atom is -0.330 e. The van der Waals surface area contributed by atoms with Gasteiger partial charge >= 0.3 is 5.69 Å². The van der Waals surface area contributed by atoms with Crippen molar-refractivity contribution in [3.05, 3.63) is 70.6 Å². The van der Waals surface area contributed by atoms with Gasteiger partial charge in [0, 0.05) is 31.2 Å². The Kier molecular flexibility index (Phi) is 9.88. The van der Waals surface area contributed by atoms with Crippen LogP contribution in [-0.4, -0.2) is 33.7 Å². The van der Waals surface area contributed by atoms with Crippen molar-refractivity contribution in [3.8, 4) is 0 Å². The molecule has 1 aromatic heterocycles. The second-order valence-electron chi connectivity index (χ2n) is 9.97. The Morgan fingerprint density at radius 2 is 1.43 bits per heavy atom. The zero-order valence-corrected chi connectivity index (χ0v) is 22.2. The van der Waals surface area contributed by atoms with E-state index in [4.69, 9.17) is 5.73 Å². The van der Waals surface area contributed by atoms with Gasteiger partial charge in [-0.2, -0.15) is 0 Å². The van der Waals surface area contributed by atoms with Gasteiger partial charge < -0.3 is 5.73 Å². The first-order valence-corrected chi connectivity index (χ1v) is 12.9. The molecule has 3 aromatic rings. The van der Waals surface area contributed by atoms with Gasteiger partial charge in [0.1, 0.15) is 0 Å². The van der Waals surface area contributed by atoms with Crippen molar-refractivity contribution in [2.24, 2.45) is 5.73 Å². The smallest absolute Gasteiger partial charge is 0.329 e. The van der Waals surface area contributed by atoms with Crippen molar-refractivity contribution in [2.45, 2.75) is 75.9 Å². The molecule has 192 valence electrons. The zero-order valence-electron chi connectivity index (χ0n) is 20.6. The predicted octanol–water partition coefficient (Wildman–Crippen LogP) is 5.88. The lowest BCUT2D eigenvalue weighted by Crippen LogP contribution is -2.50. The maximum absolute atomic E-state index is 13.5. The second-order valence-corrected chi connectivity index (χ2v) is 9.97. The SMILES string of the molecule is Cl.Cl.NCCCn1c(=O)n(C2CCN(C3(c4ccccc4)CCCCCC3)CC2)c2ccccc21. The molecule has 0 unspecified atom stereocenters. The number of likely N-dealkylation sites (tertiary alicyclic amines) is 1. The highest BCUT2D eigenvalue weighted by Gasteiger charge is 2.40. The maximum Gasteiger partial charge on any atom is 0.329 e. The predicted molar refractivity (Wildman–Crippen MR) is 150 cm³/mol. The van der Waals surface area contributed by atoms with Crippen LogP contribution in [0.2, 0.25) is 0 Å². The van der Waals surface area contributed by atoms with Gasteiger partial charge in [0.05, 0.1) is 11.0 Å². The van der Waals surface area contributed by atoms with Crippen LogP contribution in [0.15, 0.2) is 59.4 Å². The Bertz CT molecular complexity index is 1110. The number of halogens is 2. The normalized spacial score (nSPS) is 19.0. The van der Waals surface area contributed by atoms with Crippen LogP contribution in [0.5, 0.6) is 0 Å². The number of piperidine rings is 1. The summed E-state index contributed by atoms with van der Waals surface area (Å²) in [6.45, 7) is 3.40. The fourth-order valence-corrected chi connectivity index (χ4v) is 6.45. The summed E-state index contributed by atoms with van der Waals surface area (Å²) in [7, 11) is 0. The van der Waals surface area contributed by atoms with Crippen molar-refractivity contribution in [2.75, 3.05) is 19.6 Å². The number of imidazole rings is 1. The standard InChI is InChI=1S/C28H38N4O.2ClH/c29-19-10-20-31-25-13-6-7-14-26(25)32(27(31)33)24-15-21-30(22-16-24)28(17-8-1-2-9-18-28)23-11-4-3-5-12-23;;/h3-7,11-14,24H,1-2,8-10,15-22,29H2;2*1H. The number of aromatic nitrogens is 2. The average molecular weight is 520 g/mol. The van der Waals surface area contributed by atoms with Crippen molar-refractivity contribution < 1.29 is 0 Å². The number of hydrogen-bond acceptors (Lipinski definition) is 3. The fraction of sp³-hybridized carbons (Fsp3) is 0.536. The van der Waals surface area contributed by atoms with Crippen LogP contribution in [0.1, 0.15) is 69.4 Å². The molecule has 2 aliphatic rings. The molecule has 1 saturated carbocycles. The molecule has 5 nitrogen and oxygen atoms in total. The molecule has 0 spiro atoms. The highest BCUT2D eigenvalue weighted by atomic mass is 35.5. The third-order valence-corrected chi connectivity index (χ3v) is 8.13. The molecule has 2 fully saturated rings. The summed E-state index contributed by atoms with van der Waals surface area (Å²) in [5.41, 5.74) is 9.65. The van der Waals surface area contributed by atoms with Crippen molar-refractivity contribution in [1.82, 2.24) is 14.0 Å². The van der Waals surface area contributed by atoms with E-state index in [1.54, 1.807) is 0 Å². The van der Waals surface area contributed by atoms with Crippen LogP contribution in [0, 0.1) is 0 Å². The van der Waals surface area contributed by atoms with Gasteiger partial charge in [-0.1, -0.05) is 68.1 Å². The number of para-hydroxylation sites is 2. The van der Waals surface area contributed by atoms with Gasteiger partial charge in [-0.25, -0.2) is 4.79 Å². The average Bonchev–Trinajstić information content (AvgIpc) is 3.00. The topological polar surface area (TPSA) is 56.2 Å². The lowest BCUT2D eigenvalue weighted by Gasteiger charge is -2.47. The highest BCUT2D eigenvalue weighted by molar-refractivity contribution is 5.85. The number of benzene rings is 2. The van der Waals surface area contributed by atoms with E-state index in [1.165, 1.54) is 44.1 Å². The summed E-state index contributed by atoms with van der Waals surface area (Å²) in [6.07, 6.45) is 10.7. The van der Waals surface area contributed by atoms with Crippen molar-refractivity contribution >= 4 is 35.8 Å². The summed E-state index contributed by atoms with van der Waals surface area (Å²) >= 11 is 0. The monoisotopic (exact) mass is 518 g/mol. The first kappa shape index (κ1) is 27.8. The minimum absolute atomic E-state index is 0. The molecule has 0 amide bonds. The van der Waals surface area contributed by atoms with E-state index in [0.717, 1.165) is 43.4 Å². The molecule has 0 radical (unpaired) electrons. The molecule has 0 atom stereocenters. The lowest BCUT2D eigenvalue weighted by atomic mass is 9.79. The molecule has 1 saturated heterocycles. The maximum atomic E-state index is 13.5. The molecule has 2 heterocycles. The van der Waals surface area contributed by atoms with E-state index in [2.05, 4.69) is 58.0 Å². The molecule has 1 aliphatic heterocycles. The number of rotatable bonds is 6. The Morgan fingerprint density at radius 3 is 2.06 bits per heavy atom. The lowest BCUT2D eigenvalue weighted by molar-refractivity contribution is 0.0354. The van der Waals surface area contributed by atoms with Crippen LogP contribution in [0.4, 0.5) is 0 Å². The molecule has 0 bridgehead atoms. The highest BCUT2D eigenvalue weighted by Crippen LogP contribution is 2.43. The fourth-order valence-electron chi connectivity index (χ4n) is 6.45. The molecular weight excluding hydrogens is 479 g/mol. The van der Waals surface area contributed by atoms with Crippen molar-refractivity contribution in [1.29, 1.82) is 0 Å². The molecular formula is C28H40Cl2N4O. The second kappa shape index (κ2) is 12.4. The van der Waals surface area contributed by atoms with Crippen LogP contribution in [-0.2, 0) is 12.1 Å². The van der Waals surface area contributed by atoms with E-state index in [1.807, 2.05) is 10.6 Å². The third kappa shape index (κ3) is 5.34. The first-order chi connectivity index (χ1) is 16.2. The molecule has 1 aliphatic carbocycles. The largest absolute Gasteiger partial charge is 0.330 e. The molecule has 2 N–H and O–H groups in total. The van der Waals surface area contributed by atoms with Gasteiger partial charge in [-0.15, -0.1) is 24.8 Å². The minimum atomic E-state index is 0. The Morgan fingerprint density at radius 1 is 0.829 bits per heavy atom. The quantitative estimate of drug-likeness (QED) is 0.414. The van der Waals surface area contributed by atoms with Crippen LogP contribution in [0.3, 0.4) is 0 Å². The Labute approximate surface area is 221 Å². The van der Waals surface area contributed by atoms with Crippen LogP contribution < -0.4 is 11.4 Å². The summed E-state index contributed by atoms with van der Waals surface area (Å²) < 4.78 is 4.02. The third-order valence-electron chi connectivity index (χ3n) is 8.13. The van der Waals surface area contributed by atoms with Gasteiger partial charge in [0.2, 0.25) is 0 Å². The van der Waals surface area contributed by atoms with E-state index in [-0.39, 0.29) is 42.1 Å². The first-order valence-electron chi connectivity index (χ1n) is 12.9. The van der Waals surface area contributed by atoms with Gasteiger partial charge in [0.15, 0.2) is 0 Å². The number of nitrogens with zero attached hydrogens (tertiary/aromatic N) is 3. The van der Waals surface area contributed by atoms with E-state index in [0.29, 0.717) is 13.1 Å². The van der Waals surface area contributed by atoms with E-state index >= 15 is 0 Å². The Balaban J connectivity index is 0.00000171. The van der Waals surface area contributed by atoms with Crippen LogP contribution >= 0.6 is 24.8 Å². The summed E-state index contributed by atoms with van der Waals surface area (Å²) in [6, 6.07) is 19.7. The number of aryl methyl sites for hydroxylation is 1. The van der Waals surface area contributed by atoms with Gasteiger partial charge in [-0.05, 0) is 56.3 Å². The van der Waals surface area contributed by atoms with E-state index in [9.17, 15) is 4.79 Å². The molecule has 5 rings (SSSR count). The Hall–Kier alpha value is -1.79. The molecule has 35 heavy (non-hydrogen) atoms. The number of fused-ring (bicyclic) bond motifs is 1. The summed E-state index contributed by atoms with van der Waals surface area (Å²) in [5.74, 6) is 0. The van der Waals surface area contributed by atoms with Gasteiger partial charge in [0.25, 0.3) is 0 Å². The number of hydrogen-bond donors (Lipinski definition) is 1. The van der Waals surface area contributed by atoms with Crippen LogP contribution in [0.25, 0.3) is 11.0 Å². The summed E-state index contributed by atoms with van der Waals surface area (Å²) in [4.78, 5) is 16.2. The van der Waals surface area contributed by atoms with Crippen molar-refractivity contribution in [3.63, 3.8) is 0 Å². The van der Waals surface area contributed by atoms with E-state index < -0.39 is 0 Å². The van der Waals surface area contributed by atoms with Gasteiger partial charge in [-0.3, -0.25) is 14.0 Å². The molecule has 2 aromatic carbocycles. The molecule has 7 heteroatoms. The summed E-state index contributed by atoms with van der Waals surface area (Å²) in [5, 5.41) is 0.